The van der Waals surface area contributed by atoms with Gasteiger partial charge in [-0.05, 0) is 31.2 Å². The Morgan fingerprint density at radius 1 is 1.27 bits per heavy atom. The summed E-state index contributed by atoms with van der Waals surface area (Å²) >= 11 is 0. The fourth-order valence-electron chi connectivity index (χ4n) is 2.14. The molecule has 0 radical (unpaired) electrons. The van der Waals surface area contributed by atoms with Gasteiger partial charge < -0.3 is 4.74 Å². The highest BCUT2D eigenvalue weighted by Crippen LogP contribution is 2.24. The highest BCUT2D eigenvalue weighted by atomic mass is 16.5. The van der Waals surface area contributed by atoms with E-state index in [0.29, 0.717) is 6.01 Å². The zero-order chi connectivity index (χ0) is 10.3. The minimum Gasteiger partial charge on any atom is -0.466 e. The first-order valence-corrected chi connectivity index (χ1v) is 5.16. The molecule has 2 aromatic heterocycles. The lowest BCUT2D eigenvalue weighted by molar-refractivity contribution is 0.368. The fraction of sp³-hybridized carbons (Fsp3) is 0.500. The number of fused-ring (bicyclic) bond motifs is 3. The highest BCUT2D eigenvalue weighted by Gasteiger charge is 2.17. The molecule has 5 heteroatoms. The molecule has 0 N–H and O–H groups in total. The van der Waals surface area contributed by atoms with Crippen molar-refractivity contribution in [2.75, 3.05) is 7.11 Å². The Bertz CT molecular complexity index is 505. The van der Waals surface area contributed by atoms with E-state index in [1.54, 1.807) is 11.6 Å². The first-order chi connectivity index (χ1) is 7.40. The molecule has 15 heavy (non-hydrogen) atoms. The summed E-state index contributed by atoms with van der Waals surface area (Å²) in [6.45, 7) is 0. The molecule has 78 valence electrons. The van der Waals surface area contributed by atoms with Gasteiger partial charge in [0, 0.05) is 5.56 Å². The van der Waals surface area contributed by atoms with Crippen LogP contribution in [0.25, 0.3) is 5.65 Å². The first kappa shape index (κ1) is 8.64. The van der Waals surface area contributed by atoms with Crippen molar-refractivity contribution < 1.29 is 4.74 Å². The molecule has 1 aliphatic rings. The van der Waals surface area contributed by atoms with Crippen LogP contribution in [0.5, 0.6) is 6.01 Å². The van der Waals surface area contributed by atoms with Crippen LogP contribution in [0.1, 0.15) is 24.0 Å². The molecular weight excluding hydrogens is 192 g/mol. The Balaban J connectivity index is 2.28. The molecule has 0 amide bonds. The molecule has 0 fully saturated rings. The smallest absolute Gasteiger partial charge is 0.338 e. The molecule has 0 spiro atoms. The summed E-state index contributed by atoms with van der Waals surface area (Å²) < 4.78 is 6.76. The average Bonchev–Trinajstić information content (AvgIpc) is 2.72. The second-order valence-corrected chi connectivity index (χ2v) is 3.78. The Morgan fingerprint density at radius 2 is 2.13 bits per heavy atom. The van der Waals surface area contributed by atoms with Crippen LogP contribution in [-0.2, 0) is 12.8 Å². The lowest BCUT2D eigenvalue weighted by Crippen LogP contribution is -2.08. The number of ether oxygens (including phenoxy) is 1. The molecular formula is C10H12N4O. The molecule has 0 saturated heterocycles. The van der Waals surface area contributed by atoms with Crippen LogP contribution in [0.15, 0.2) is 6.20 Å². The Labute approximate surface area is 87.1 Å². The lowest BCUT2D eigenvalue weighted by atomic mass is 9.94. The fourth-order valence-corrected chi connectivity index (χ4v) is 2.14. The number of methoxy groups -OCH3 is 1. The molecule has 0 saturated carbocycles. The molecule has 0 atom stereocenters. The Hall–Kier alpha value is -1.65. The van der Waals surface area contributed by atoms with E-state index < -0.39 is 0 Å². The number of hydrogen-bond acceptors (Lipinski definition) is 4. The summed E-state index contributed by atoms with van der Waals surface area (Å²) in [6.07, 6.45) is 6.56. The summed E-state index contributed by atoms with van der Waals surface area (Å²) in [6, 6.07) is 0.457. The number of hydrogen-bond donors (Lipinski definition) is 0. The third kappa shape index (κ3) is 1.19. The van der Waals surface area contributed by atoms with E-state index in [1.165, 1.54) is 24.0 Å². The molecule has 0 aromatic carbocycles. The molecule has 1 aliphatic carbocycles. The van der Waals surface area contributed by atoms with Crippen LogP contribution in [-0.4, -0.2) is 26.9 Å². The summed E-state index contributed by atoms with van der Waals surface area (Å²) in [5.74, 6) is 0. The number of rotatable bonds is 1. The van der Waals surface area contributed by atoms with Gasteiger partial charge in [0.25, 0.3) is 0 Å². The van der Waals surface area contributed by atoms with Gasteiger partial charge in [0.2, 0.25) is 0 Å². The minimum atomic E-state index is 0.457. The van der Waals surface area contributed by atoms with E-state index in [1.807, 2.05) is 6.20 Å². The van der Waals surface area contributed by atoms with Gasteiger partial charge >= 0.3 is 6.01 Å². The van der Waals surface area contributed by atoms with Crippen LogP contribution in [0, 0.1) is 0 Å². The summed E-state index contributed by atoms with van der Waals surface area (Å²) in [7, 11) is 1.58. The predicted octanol–water partition coefficient (Wildman–Crippen LogP) is 1.01. The zero-order valence-electron chi connectivity index (χ0n) is 8.60. The van der Waals surface area contributed by atoms with Crippen molar-refractivity contribution in [3.05, 3.63) is 17.3 Å². The molecule has 0 bridgehead atoms. The standard InChI is InChI=1S/C10H12N4O/c1-15-10-13-12-9-8-5-3-2-4-7(8)6-11-14(9)10/h6H,2-5H2,1H3. The maximum absolute atomic E-state index is 5.09. The van der Waals surface area contributed by atoms with Crippen molar-refractivity contribution in [3.8, 4) is 6.01 Å². The van der Waals surface area contributed by atoms with E-state index >= 15 is 0 Å². The van der Waals surface area contributed by atoms with Gasteiger partial charge in [-0.15, -0.1) is 5.10 Å². The molecule has 5 nitrogen and oxygen atoms in total. The van der Waals surface area contributed by atoms with Crippen molar-refractivity contribution in [1.29, 1.82) is 0 Å². The van der Waals surface area contributed by atoms with Gasteiger partial charge in [0.15, 0.2) is 5.65 Å². The maximum atomic E-state index is 5.09. The zero-order valence-corrected chi connectivity index (χ0v) is 8.60. The van der Waals surface area contributed by atoms with Gasteiger partial charge in [-0.3, -0.25) is 0 Å². The molecule has 2 aromatic rings. The number of nitrogens with zero attached hydrogens (tertiary/aromatic N) is 4. The van der Waals surface area contributed by atoms with Crippen molar-refractivity contribution in [2.45, 2.75) is 25.7 Å². The Morgan fingerprint density at radius 3 is 3.00 bits per heavy atom. The van der Waals surface area contributed by atoms with E-state index in [-0.39, 0.29) is 0 Å². The monoisotopic (exact) mass is 204 g/mol. The van der Waals surface area contributed by atoms with Crippen molar-refractivity contribution in [2.24, 2.45) is 0 Å². The molecule has 0 unspecified atom stereocenters. The van der Waals surface area contributed by atoms with Gasteiger partial charge in [-0.2, -0.15) is 9.61 Å². The topological polar surface area (TPSA) is 52.3 Å². The predicted molar refractivity (Wildman–Crippen MR) is 54.0 cm³/mol. The van der Waals surface area contributed by atoms with Crippen LogP contribution in [0.2, 0.25) is 0 Å². The van der Waals surface area contributed by atoms with Crippen LogP contribution in [0.4, 0.5) is 0 Å². The summed E-state index contributed by atoms with van der Waals surface area (Å²) in [5.41, 5.74) is 3.44. The summed E-state index contributed by atoms with van der Waals surface area (Å²) in [4.78, 5) is 0. The van der Waals surface area contributed by atoms with Crippen molar-refractivity contribution >= 4 is 5.65 Å². The van der Waals surface area contributed by atoms with Crippen molar-refractivity contribution in [1.82, 2.24) is 19.8 Å². The highest BCUT2D eigenvalue weighted by molar-refractivity contribution is 5.51. The van der Waals surface area contributed by atoms with Crippen LogP contribution < -0.4 is 4.74 Å². The summed E-state index contributed by atoms with van der Waals surface area (Å²) in [5, 5.41) is 12.4. The van der Waals surface area contributed by atoms with Gasteiger partial charge in [-0.25, -0.2) is 0 Å². The van der Waals surface area contributed by atoms with Crippen LogP contribution >= 0.6 is 0 Å². The van der Waals surface area contributed by atoms with E-state index in [0.717, 1.165) is 18.5 Å². The van der Waals surface area contributed by atoms with E-state index in [2.05, 4.69) is 15.3 Å². The second-order valence-electron chi connectivity index (χ2n) is 3.78. The number of aryl methyl sites for hydroxylation is 2. The van der Waals surface area contributed by atoms with Crippen LogP contribution in [0.3, 0.4) is 0 Å². The Kier molecular flexibility index (Phi) is 1.83. The molecule has 2 heterocycles. The quantitative estimate of drug-likeness (QED) is 0.695. The lowest BCUT2D eigenvalue weighted by Gasteiger charge is -2.14. The van der Waals surface area contributed by atoms with Gasteiger partial charge in [0.1, 0.15) is 0 Å². The van der Waals surface area contributed by atoms with Gasteiger partial charge in [0.05, 0.1) is 13.3 Å². The minimum absolute atomic E-state index is 0.457. The first-order valence-electron chi connectivity index (χ1n) is 5.16. The second kappa shape index (κ2) is 3.18. The van der Waals surface area contributed by atoms with Gasteiger partial charge in [-0.1, -0.05) is 5.10 Å². The third-order valence-electron chi connectivity index (χ3n) is 2.90. The molecule has 0 aliphatic heterocycles. The maximum Gasteiger partial charge on any atom is 0.338 e. The molecule has 3 rings (SSSR count). The third-order valence-corrected chi connectivity index (χ3v) is 2.90. The average molecular weight is 204 g/mol. The van der Waals surface area contributed by atoms with Crippen molar-refractivity contribution in [3.63, 3.8) is 0 Å². The van der Waals surface area contributed by atoms with E-state index in [9.17, 15) is 0 Å². The number of aromatic nitrogens is 4. The normalized spacial score (nSPS) is 15.3. The van der Waals surface area contributed by atoms with E-state index in [4.69, 9.17) is 4.74 Å². The largest absolute Gasteiger partial charge is 0.466 e. The SMILES string of the molecule is COc1nnc2c3c(cnn12)CCCC3.